The van der Waals surface area contributed by atoms with Gasteiger partial charge in [0.15, 0.2) is 0 Å². The van der Waals surface area contributed by atoms with E-state index in [2.05, 4.69) is 42.2 Å². The molecule has 4 unspecified atom stereocenters. The number of hydrogen-bond acceptors (Lipinski definition) is 2. The van der Waals surface area contributed by atoms with E-state index in [4.69, 9.17) is 5.73 Å². The average molecular weight is 258 g/mol. The summed E-state index contributed by atoms with van der Waals surface area (Å²) in [6.45, 7) is 3.62. The molecule has 2 fully saturated rings. The molecule has 1 aliphatic heterocycles. The summed E-state index contributed by atoms with van der Waals surface area (Å²) in [6.07, 6.45) is 6.37. The van der Waals surface area contributed by atoms with Crippen molar-refractivity contribution >= 4 is 0 Å². The fourth-order valence-corrected chi connectivity index (χ4v) is 4.03. The zero-order valence-corrected chi connectivity index (χ0v) is 12.0. The van der Waals surface area contributed by atoms with Crippen molar-refractivity contribution in [3.63, 3.8) is 0 Å². The molecule has 1 aromatic carbocycles. The van der Waals surface area contributed by atoms with Crippen LogP contribution in [-0.2, 0) is 0 Å². The monoisotopic (exact) mass is 258 g/mol. The van der Waals surface area contributed by atoms with Gasteiger partial charge in [0.2, 0.25) is 0 Å². The van der Waals surface area contributed by atoms with Crippen LogP contribution in [0.25, 0.3) is 0 Å². The molecule has 19 heavy (non-hydrogen) atoms. The zero-order valence-electron chi connectivity index (χ0n) is 12.0. The molecule has 104 valence electrons. The Morgan fingerprint density at radius 1 is 1.11 bits per heavy atom. The highest BCUT2D eigenvalue weighted by Crippen LogP contribution is 2.36. The highest BCUT2D eigenvalue weighted by atomic mass is 15.2. The van der Waals surface area contributed by atoms with Gasteiger partial charge in [0.25, 0.3) is 0 Å². The minimum atomic E-state index is 0.375. The molecule has 1 saturated carbocycles. The largest absolute Gasteiger partial charge is 0.326 e. The molecule has 1 aromatic rings. The third-order valence-corrected chi connectivity index (χ3v) is 5.17. The van der Waals surface area contributed by atoms with E-state index in [9.17, 15) is 0 Å². The molecule has 0 radical (unpaired) electrons. The molecule has 3 rings (SSSR count). The van der Waals surface area contributed by atoms with Crippen molar-refractivity contribution in [3.05, 3.63) is 35.9 Å². The Morgan fingerprint density at radius 2 is 1.89 bits per heavy atom. The first-order valence-electron chi connectivity index (χ1n) is 7.82. The van der Waals surface area contributed by atoms with Gasteiger partial charge in [-0.2, -0.15) is 0 Å². The summed E-state index contributed by atoms with van der Waals surface area (Å²) in [5.41, 5.74) is 7.93. The van der Waals surface area contributed by atoms with E-state index in [-0.39, 0.29) is 0 Å². The van der Waals surface area contributed by atoms with Gasteiger partial charge >= 0.3 is 0 Å². The standard InChI is InChI=1S/C17H26N2/c1-13-6-5-11-19(13)17-12-15(9-10-16(17)18)14-7-3-2-4-8-14/h2-4,7-8,13,15-17H,5-6,9-12,18H2,1H3. The molecular weight excluding hydrogens is 232 g/mol. The second-order valence-corrected chi connectivity index (χ2v) is 6.38. The molecule has 2 heteroatoms. The molecule has 1 heterocycles. The first kappa shape index (κ1) is 13.1. The van der Waals surface area contributed by atoms with Crippen molar-refractivity contribution < 1.29 is 0 Å². The highest BCUT2D eigenvalue weighted by Gasteiger charge is 2.36. The van der Waals surface area contributed by atoms with Crippen LogP contribution in [0.2, 0.25) is 0 Å². The van der Waals surface area contributed by atoms with E-state index < -0.39 is 0 Å². The lowest BCUT2D eigenvalue weighted by Gasteiger charge is -2.41. The summed E-state index contributed by atoms with van der Waals surface area (Å²) in [5.74, 6) is 0.707. The van der Waals surface area contributed by atoms with Gasteiger partial charge < -0.3 is 5.73 Å². The minimum absolute atomic E-state index is 0.375. The first-order chi connectivity index (χ1) is 9.25. The summed E-state index contributed by atoms with van der Waals surface area (Å²) in [7, 11) is 0. The third-order valence-electron chi connectivity index (χ3n) is 5.17. The summed E-state index contributed by atoms with van der Waals surface area (Å²) in [6, 6.07) is 12.7. The maximum atomic E-state index is 6.42. The number of nitrogens with zero attached hydrogens (tertiary/aromatic N) is 1. The maximum Gasteiger partial charge on any atom is 0.0255 e. The zero-order chi connectivity index (χ0) is 13.2. The van der Waals surface area contributed by atoms with Crippen LogP contribution < -0.4 is 5.73 Å². The quantitative estimate of drug-likeness (QED) is 0.883. The number of rotatable bonds is 2. The van der Waals surface area contributed by atoms with Gasteiger partial charge in [0.1, 0.15) is 0 Å². The molecule has 4 atom stereocenters. The predicted molar refractivity (Wildman–Crippen MR) is 80.2 cm³/mol. The van der Waals surface area contributed by atoms with Crippen molar-refractivity contribution in [3.8, 4) is 0 Å². The van der Waals surface area contributed by atoms with Gasteiger partial charge in [-0.25, -0.2) is 0 Å². The van der Waals surface area contributed by atoms with E-state index >= 15 is 0 Å². The molecule has 0 bridgehead atoms. The second kappa shape index (κ2) is 5.64. The van der Waals surface area contributed by atoms with Gasteiger partial charge in [-0.15, -0.1) is 0 Å². The molecule has 0 spiro atoms. The van der Waals surface area contributed by atoms with Gasteiger partial charge in [-0.05, 0) is 57.1 Å². The van der Waals surface area contributed by atoms with E-state index in [1.807, 2.05) is 0 Å². The maximum absolute atomic E-state index is 6.42. The Balaban J connectivity index is 1.74. The van der Waals surface area contributed by atoms with Crippen LogP contribution in [0.1, 0.15) is 50.5 Å². The third kappa shape index (κ3) is 2.70. The van der Waals surface area contributed by atoms with Gasteiger partial charge in [-0.1, -0.05) is 30.3 Å². The van der Waals surface area contributed by atoms with Crippen LogP contribution in [-0.4, -0.2) is 29.6 Å². The summed E-state index contributed by atoms with van der Waals surface area (Å²) >= 11 is 0. The topological polar surface area (TPSA) is 29.3 Å². The highest BCUT2D eigenvalue weighted by molar-refractivity contribution is 5.21. The Morgan fingerprint density at radius 3 is 2.58 bits per heavy atom. The normalized spacial score (nSPS) is 36.5. The molecule has 2 nitrogen and oxygen atoms in total. The van der Waals surface area contributed by atoms with Gasteiger partial charge in [0.05, 0.1) is 0 Å². The lowest BCUT2D eigenvalue weighted by molar-refractivity contribution is 0.122. The van der Waals surface area contributed by atoms with Gasteiger partial charge in [0, 0.05) is 18.1 Å². The minimum Gasteiger partial charge on any atom is -0.326 e. The average Bonchev–Trinajstić information content (AvgIpc) is 2.86. The van der Waals surface area contributed by atoms with Crippen molar-refractivity contribution in [2.24, 2.45) is 5.73 Å². The number of benzene rings is 1. The van der Waals surface area contributed by atoms with E-state index in [1.54, 1.807) is 0 Å². The Bertz CT molecular complexity index is 403. The summed E-state index contributed by atoms with van der Waals surface area (Å²) in [4.78, 5) is 2.68. The smallest absolute Gasteiger partial charge is 0.0255 e. The van der Waals surface area contributed by atoms with Crippen LogP contribution in [0, 0.1) is 0 Å². The van der Waals surface area contributed by atoms with Crippen molar-refractivity contribution in [2.45, 2.75) is 63.1 Å². The Hall–Kier alpha value is -0.860. The number of hydrogen-bond donors (Lipinski definition) is 1. The molecule has 1 saturated heterocycles. The molecule has 2 aliphatic rings. The fraction of sp³-hybridized carbons (Fsp3) is 0.647. The van der Waals surface area contributed by atoms with Crippen molar-refractivity contribution in [1.82, 2.24) is 4.90 Å². The number of nitrogens with two attached hydrogens (primary N) is 1. The molecule has 2 N–H and O–H groups in total. The number of likely N-dealkylation sites (tertiary alicyclic amines) is 1. The first-order valence-corrected chi connectivity index (χ1v) is 7.82. The van der Waals surface area contributed by atoms with Crippen LogP contribution in [0.3, 0.4) is 0 Å². The SMILES string of the molecule is CC1CCCN1C1CC(c2ccccc2)CCC1N. The predicted octanol–water partition coefficient (Wildman–Crippen LogP) is 3.13. The molecule has 0 aromatic heterocycles. The van der Waals surface area contributed by atoms with Gasteiger partial charge in [-0.3, -0.25) is 4.90 Å². The van der Waals surface area contributed by atoms with Crippen molar-refractivity contribution in [1.29, 1.82) is 0 Å². The Labute approximate surface area is 117 Å². The summed E-state index contributed by atoms with van der Waals surface area (Å²) < 4.78 is 0. The lowest BCUT2D eigenvalue weighted by Crippen LogP contribution is -2.51. The van der Waals surface area contributed by atoms with Crippen LogP contribution in [0.5, 0.6) is 0 Å². The van der Waals surface area contributed by atoms with Crippen molar-refractivity contribution in [2.75, 3.05) is 6.54 Å². The molecule has 1 aliphatic carbocycles. The second-order valence-electron chi connectivity index (χ2n) is 6.38. The van der Waals surface area contributed by atoms with Crippen LogP contribution in [0.4, 0.5) is 0 Å². The fourth-order valence-electron chi connectivity index (χ4n) is 4.03. The van der Waals surface area contributed by atoms with E-state index in [0.29, 0.717) is 18.0 Å². The van der Waals surface area contributed by atoms with E-state index in [0.717, 1.165) is 6.04 Å². The lowest BCUT2D eigenvalue weighted by atomic mass is 9.78. The van der Waals surface area contributed by atoms with Crippen LogP contribution in [0.15, 0.2) is 30.3 Å². The van der Waals surface area contributed by atoms with E-state index in [1.165, 1.54) is 44.2 Å². The Kier molecular flexibility index (Phi) is 3.90. The molecular formula is C17H26N2. The summed E-state index contributed by atoms with van der Waals surface area (Å²) in [5, 5.41) is 0. The molecule has 0 amide bonds. The van der Waals surface area contributed by atoms with Crippen LogP contribution >= 0.6 is 0 Å².